The quantitative estimate of drug-likeness (QED) is 0.189. The molecule has 5 nitrogen and oxygen atoms in total. The summed E-state index contributed by atoms with van der Waals surface area (Å²) in [6, 6.07) is 13.7. The number of hydrogen-bond donors (Lipinski definition) is 2. The van der Waals surface area contributed by atoms with Gasteiger partial charge in [-0.2, -0.15) is 0 Å². The van der Waals surface area contributed by atoms with E-state index in [1.807, 2.05) is 48.5 Å². The minimum Gasteiger partial charge on any atom is -0.494 e. The first-order valence-electron chi connectivity index (χ1n) is 8.22. The molecule has 0 amide bonds. The molecule has 2 rings (SSSR count). The van der Waals surface area contributed by atoms with E-state index in [1.54, 1.807) is 6.26 Å². The lowest BCUT2D eigenvalue weighted by Gasteiger charge is -2.11. The van der Waals surface area contributed by atoms with Gasteiger partial charge in [-0.25, -0.2) is 0 Å². The highest BCUT2D eigenvalue weighted by atomic mass is 127. The maximum absolute atomic E-state index is 5.66. The van der Waals surface area contributed by atoms with Gasteiger partial charge in [0.05, 0.1) is 12.9 Å². The smallest absolute Gasteiger partial charge is 0.191 e. The normalized spacial score (nSPS) is 10.6. The Balaban J connectivity index is 0.00000312. The number of hydrogen-bond acceptors (Lipinski definition) is 3. The highest BCUT2D eigenvalue weighted by Gasteiger charge is 1.99. The first kappa shape index (κ1) is 21.1. The first-order valence-corrected chi connectivity index (χ1v) is 8.22. The number of furan rings is 1. The molecule has 0 bridgehead atoms. The molecule has 25 heavy (non-hydrogen) atoms. The number of rotatable bonds is 10. The molecule has 136 valence electrons. The van der Waals surface area contributed by atoms with Crippen LogP contribution in [0.15, 0.2) is 70.8 Å². The molecule has 0 saturated heterocycles. The fraction of sp³-hybridized carbons (Fsp3) is 0.316. The second-order valence-corrected chi connectivity index (χ2v) is 5.17. The van der Waals surface area contributed by atoms with Crippen molar-refractivity contribution in [3.8, 4) is 5.75 Å². The Morgan fingerprint density at radius 1 is 1.16 bits per heavy atom. The fourth-order valence-corrected chi connectivity index (χ4v) is 2.06. The van der Waals surface area contributed by atoms with E-state index in [1.165, 1.54) is 0 Å². The number of benzene rings is 1. The third-order valence-corrected chi connectivity index (χ3v) is 3.24. The maximum Gasteiger partial charge on any atom is 0.191 e. The zero-order valence-electron chi connectivity index (χ0n) is 14.3. The summed E-state index contributed by atoms with van der Waals surface area (Å²) in [6.07, 6.45) is 5.17. The molecule has 0 spiro atoms. The lowest BCUT2D eigenvalue weighted by atomic mass is 10.3. The standard InChI is InChI=1S/C19H25N3O2.HI/c1-2-12-20-19(22-14-11-18-10-6-15-23-18)21-13-7-16-24-17-8-4-3-5-9-17;/h2-6,8-10,15H,1,7,11-14,16H2,(H2,20,21,22);1H. The van der Waals surface area contributed by atoms with Gasteiger partial charge in [-0.3, -0.25) is 4.99 Å². The van der Waals surface area contributed by atoms with Crippen LogP contribution in [-0.2, 0) is 6.42 Å². The molecule has 6 heteroatoms. The molecule has 2 N–H and O–H groups in total. The summed E-state index contributed by atoms with van der Waals surface area (Å²) in [5, 5.41) is 6.50. The maximum atomic E-state index is 5.66. The molecule has 0 radical (unpaired) electrons. The number of guanidine groups is 1. The van der Waals surface area contributed by atoms with E-state index in [2.05, 4.69) is 22.2 Å². The summed E-state index contributed by atoms with van der Waals surface area (Å²) in [6.45, 7) is 6.49. The van der Waals surface area contributed by atoms with E-state index in [-0.39, 0.29) is 24.0 Å². The minimum absolute atomic E-state index is 0. The molecule has 0 atom stereocenters. The summed E-state index contributed by atoms with van der Waals surface area (Å²) >= 11 is 0. The molecule has 1 aromatic carbocycles. The Bertz CT molecular complexity index is 600. The van der Waals surface area contributed by atoms with Crippen molar-refractivity contribution in [2.75, 3.05) is 26.2 Å². The topological polar surface area (TPSA) is 58.8 Å². The van der Waals surface area contributed by atoms with E-state index in [0.29, 0.717) is 19.7 Å². The van der Waals surface area contributed by atoms with Gasteiger partial charge in [0.25, 0.3) is 0 Å². The van der Waals surface area contributed by atoms with Crippen LogP contribution in [0.2, 0.25) is 0 Å². The number of aliphatic imine (C=N–C) groups is 1. The third kappa shape index (κ3) is 9.19. The van der Waals surface area contributed by atoms with E-state index in [9.17, 15) is 0 Å². The number of nitrogens with zero attached hydrogens (tertiary/aromatic N) is 1. The van der Waals surface area contributed by atoms with Gasteiger partial charge in [0.15, 0.2) is 5.96 Å². The Hall–Kier alpha value is -1.96. The van der Waals surface area contributed by atoms with E-state index in [0.717, 1.165) is 36.9 Å². The van der Waals surface area contributed by atoms with Crippen molar-refractivity contribution in [2.45, 2.75) is 12.8 Å². The average Bonchev–Trinajstić information content (AvgIpc) is 3.13. The van der Waals surface area contributed by atoms with Gasteiger partial charge in [-0.15, -0.1) is 30.6 Å². The van der Waals surface area contributed by atoms with Crippen LogP contribution in [0.4, 0.5) is 0 Å². The number of nitrogens with one attached hydrogen (secondary N) is 2. The molecule has 0 aliphatic carbocycles. The highest BCUT2D eigenvalue weighted by Crippen LogP contribution is 2.08. The van der Waals surface area contributed by atoms with Crippen molar-refractivity contribution < 1.29 is 9.15 Å². The number of halogens is 1. The molecular formula is C19H26IN3O2. The van der Waals surface area contributed by atoms with E-state index in [4.69, 9.17) is 9.15 Å². The number of ether oxygens (including phenoxy) is 1. The molecule has 0 unspecified atom stereocenters. The third-order valence-electron chi connectivity index (χ3n) is 3.24. The van der Waals surface area contributed by atoms with Crippen LogP contribution < -0.4 is 15.4 Å². The second-order valence-electron chi connectivity index (χ2n) is 5.17. The predicted octanol–water partition coefficient (Wildman–Crippen LogP) is 3.63. The lowest BCUT2D eigenvalue weighted by molar-refractivity contribution is 0.313. The Kier molecular flexibility index (Phi) is 11.3. The molecule has 2 aromatic rings. The van der Waals surface area contributed by atoms with Crippen molar-refractivity contribution in [3.05, 3.63) is 67.1 Å². The van der Waals surface area contributed by atoms with Gasteiger partial charge >= 0.3 is 0 Å². The summed E-state index contributed by atoms with van der Waals surface area (Å²) < 4.78 is 11.0. The van der Waals surface area contributed by atoms with Gasteiger partial charge in [0.1, 0.15) is 11.5 Å². The Morgan fingerprint density at radius 2 is 2.00 bits per heavy atom. The predicted molar refractivity (Wildman–Crippen MR) is 113 cm³/mol. The van der Waals surface area contributed by atoms with Crippen molar-refractivity contribution in [1.82, 2.24) is 10.6 Å². The monoisotopic (exact) mass is 455 g/mol. The molecular weight excluding hydrogens is 429 g/mol. The molecule has 0 aliphatic heterocycles. The SMILES string of the molecule is C=CCNC(=NCCCOc1ccccc1)NCCc1ccco1.I. The van der Waals surface area contributed by atoms with Gasteiger partial charge < -0.3 is 19.8 Å². The van der Waals surface area contributed by atoms with Crippen LogP contribution in [0.1, 0.15) is 12.2 Å². The van der Waals surface area contributed by atoms with E-state index < -0.39 is 0 Å². The number of para-hydroxylation sites is 1. The van der Waals surface area contributed by atoms with Gasteiger partial charge in [-0.05, 0) is 24.3 Å². The molecule has 0 aliphatic rings. The minimum atomic E-state index is 0. The fourth-order valence-electron chi connectivity index (χ4n) is 2.06. The van der Waals surface area contributed by atoms with Crippen molar-refractivity contribution in [3.63, 3.8) is 0 Å². The van der Waals surface area contributed by atoms with Crippen LogP contribution in [0.5, 0.6) is 5.75 Å². The van der Waals surface area contributed by atoms with Gasteiger partial charge in [-0.1, -0.05) is 24.3 Å². The van der Waals surface area contributed by atoms with Crippen LogP contribution in [0.25, 0.3) is 0 Å². The summed E-state index contributed by atoms with van der Waals surface area (Å²) in [4.78, 5) is 4.55. The zero-order valence-corrected chi connectivity index (χ0v) is 16.6. The summed E-state index contributed by atoms with van der Waals surface area (Å²) in [5.41, 5.74) is 0. The lowest BCUT2D eigenvalue weighted by Crippen LogP contribution is -2.38. The Morgan fingerprint density at radius 3 is 2.72 bits per heavy atom. The van der Waals surface area contributed by atoms with Crippen molar-refractivity contribution >= 4 is 29.9 Å². The second kappa shape index (κ2) is 13.3. The van der Waals surface area contributed by atoms with Crippen molar-refractivity contribution in [1.29, 1.82) is 0 Å². The van der Waals surface area contributed by atoms with Crippen LogP contribution in [0, 0.1) is 0 Å². The summed E-state index contributed by atoms with van der Waals surface area (Å²) in [7, 11) is 0. The van der Waals surface area contributed by atoms with Crippen molar-refractivity contribution in [2.24, 2.45) is 4.99 Å². The summed E-state index contributed by atoms with van der Waals surface area (Å²) in [5.74, 6) is 2.63. The highest BCUT2D eigenvalue weighted by molar-refractivity contribution is 14.0. The average molecular weight is 455 g/mol. The first-order chi connectivity index (χ1) is 11.9. The zero-order chi connectivity index (χ0) is 16.9. The Labute approximate surface area is 166 Å². The molecule has 1 aromatic heterocycles. The molecule has 0 fully saturated rings. The van der Waals surface area contributed by atoms with Gasteiger partial charge in [0, 0.05) is 32.5 Å². The molecule has 0 saturated carbocycles. The largest absolute Gasteiger partial charge is 0.494 e. The van der Waals surface area contributed by atoms with Crippen LogP contribution in [-0.4, -0.2) is 32.2 Å². The van der Waals surface area contributed by atoms with Crippen LogP contribution >= 0.6 is 24.0 Å². The van der Waals surface area contributed by atoms with Crippen LogP contribution in [0.3, 0.4) is 0 Å². The molecule has 1 heterocycles. The van der Waals surface area contributed by atoms with Gasteiger partial charge in [0.2, 0.25) is 0 Å². The van der Waals surface area contributed by atoms with E-state index >= 15 is 0 Å².